The molecule has 2 N–H and O–H groups in total. The SMILES string of the molecule is CCCCN(CCCC)C(=O)c1cccc(N)c1Br. The number of nitrogens with zero attached hydrogens (tertiary/aromatic N) is 1. The van der Waals surface area contributed by atoms with Crippen molar-refractivity contribution >= 4 is 27.5 Å². The van der Waals surface area contributed by atoms with Crippen LogP contribution in [-0.2, 0) is 0 Å². The average Bonchev–Trinajstić information content (AvgIpc) is 2.41. The number of nitrogen functional groups attached to an aromatic ring is 1. The molecular formula is C15H23BrN2O. The second-order valence-electron chi connectivity index (χ2n) is 4.71. The zero-order valence-corrected chi connectivity index (χ0v) is 13.4. The largest absolute Gasteiger partial charge is 0.398 e. The first-order chi connectivity index (χ1) is 9.11. The van der Waals surface area contributed by atoms with E-state index in [4.69, 9.17) is 5.73 Å². The molecule has 0 fully saturated rings. The fraction of sp³-hybridized carbons (Fsp3) is 0.533. The Kier molecular flexibility index (Phi) is 6.92. The normalized spacial score (nSPS) is 10.5. The van der Waals surface area contributed by atoms with Crippen molar-refractivity contribution in [2.24, 2.45) is 0 Å². The third-order valence-corrected chi connectivity index (χ3v) is 3.99. The van der Waals surface area contributed by atoms with Crippen LogP contribution in [0, 0.1) is 0 Å². The van der Waals surface area contributed by atoms with Gasteiger partial charge in [0, 0.05) is 18.8 Å². The first-order valence-electron chi connectivity index (χ1n) is 6.95. The van der Waals surface area contributed by atoms with E-state index in [9.17, 15) is 4.79 Å². The molecule has 3 nitrogen and oxygen atoms in total. The van der Waals surface area contributed by atoms with Gasteiger partial charge in [-0.25, -0.2) is 0 Å². The van der Waals surface area contributed by atoms with Gasteiger partial charge < -0.3 is 10.6 Å². The Morgan fingerprint density at radius 2 is 1.79 bits per heavy atom. The molecule has 0 atom stereocenters. The number of unbranched alkanes of at least 4 members (excludes halogenated alkanes) is 2. The Labute approximate surface area is 124 Å². The van der Waals surface area contributed by atoms with E-state index in [0.29, 0.717) is 15.7 Å². The van der Waals surface area contributed by atoms with Gasteiger partial charge in [-0.3, -0.25) is 4.79 Å². The van der Waals surface area contributed by atoms with Crippen molar-refractivity contribution in [2.75, 3.05) is 18.8 Å². The third kappa shape index (κ3) is 4.53. The minimum Gasteiger partial charge on any atom is -0.398 e. The maximum absolute atomic E-state index is 12.6. The fourth-order valence-corrected chi connectivity index (χ4v) is 2.33. The molecule has 0 unspecified atom stereocenters. The molecule has 0 aliphatic rings. The molecule has 0 aliphatic heterocycles. The van der Waals surface area contributed by atoms with Gasteiger partial charge in [-0.1, -0.05) is 32.8 Å². The number of benzene rings is 1. The lowest BCUT2D eigenvalue weighted by molar-refractivity contribution is 0.0750. The number of nitrogens with two attached hydrogens (primary N) is 1. The summed E-state index contributed by atoms with van der Waals surface area (Å²) in [6.07, 6.45) is 4.26. The molecule has 106 valence electrons. The van der Waals surface area contributed by atoms with Crippen molar-refractivity contribution in [1.82, 2.24) is 4.90 Å². The van der Waals surface area contributed by atoms with E-state index in [1.165, 1.54) is 0 Å². The Balaban J connectivity index is 2.87. The first kappa shape index (κ1) is 16.0. The van der Waals surface area contributed by atoms with Crippen LogP contribution in [0.15, 0.2) is 22.7 Å². The number of carbonyl (C=O) groups is 1. The number of amides is 1. The molecule has 0 aliphatic carbocycles. The van der Waals surface area contributed by atoms with Crippen molar-refractivity contribution in [3.05, 3.63) is 28.2 Å². The van der Waals surface area contributed by atoms with E-state index in [-0.39, 0.29) is 5.91 Å². The Hall–Kier alpha value is -1.03. The molecule has 0 heterocycles. The molecule has 0 saturated heterocycles. The minimum atomic E-state index is 0.0704. The van der Waals surface area contributed by atoms with Gasteiger partial charge in [0.2, 0.25) is 0 Å². The molecule has 4 heteroatoms. The second kappa shape index (κ2) is 8.20. The lowest BCUT2D eigenvalue weighted by Gasteiger charge is -2.23. The van der Waals surface area contributed by atoms with Crippen molar-refractivity contribution in [3.63, 3.8) is 0 Å². The minimum absolute atomic E-state index is 0.0704. The van der Waals surface area contributed by atoms with Crippen LogP contribution in [0.1, 0.15) is 49.9 Å². The van der Waals surface area contributed by atoms with Crippen LogP contribution in [-0.4, -0.2) is 23.9 Å². The summed E-state index contributed by atoms with van der Waals surface area (Å²) in [5.74, 6) is 0.0704. The van der Waals surface area contributed by atoms with Crippen molar-refractivity contribution in [3.8, 4) is 0 Å². The highest BCUT2D eigenvalue weighted by molar-refractivity contribution is 9.10. The summed E-state index contributed by atoms with van der Waals surface area (Å²) in [5, 5.41) is 0. The van der Waals surface area contributed by atoms with Crippen molar-refractivity contribution in [2.45, 2.75) is 39.5 Å². The van der Waals surface area contributed by atoms with Gasteiger partial charge >= 0.3 is 0 Å². The summed E-state index contributed by atoms with van der Waals surface area (Å²) < 4.78 is 0.706. The van der Waals surface area contributed by atoms with E-state index < -0.39 is 0 Å². The molecule has 19 heavy (non-hydrogen) atoms. The number of halogens is 1. The number of anilines is 1. The van der Waals surface area contributed by atoms with Gasteiger partial charge in [0.25, 0.3) is 5.91 Å². The second-order valence-corrected chi connectivity index (χ2v) is 5.50. The quantitative estimate of drug-likeness (QED) is 0.767. The predicted molar refractivity (Wildman–Crippen MR) is 84.3 cm³/mol. The highest BCUT2D eigenvalue weighted by atomic mass is 79.9. The maximum Gasteiger partial charge on any atom is 0.255 e. The summed E-state index contributed by atoms with van der Waals surface area (Å²) in [4.78, 5) is 14.5. The molecular weight excluding hydrogens is 304 g/mol. The maximum atomic E-state index is 12.6. The van der Waals surface area contributed by atoms with Gasteiger partial charge in [-0.15, -0.1) is 0 Å². The summed E-state index contributed by atoms with van der Waals surface area (Å²) in [5.41, 5.74) is 7.11. The molecule has 0 aromatic heterocycles. The third-order valence-electron chi connectivity index (χ3n) is 3.11. The van der Waals surface area contributed by atoms with Gasteiger partial charge in [0.1, 0.15) is 0 Å². The molecule has 1 aromatic carbocycles. The summed E-state index contributed by atoms with van der Waals surface area (Å²) in [6.45, 7) is 5.91. The van der Waals surface area contributed by atoms with E-state index in [0.717, 1.165) is 38.8 Å². The molecule has 0 bridgehead atoms. The number of carbonyl (C=O) groups excluding carboxylic acids is 1. The highest BCUT2D eigenvalue weighted by Gasteiger charge is 2.18. The molecule has 0 radical (unpaired) electrons. The zero-order valence-electron chi connectivity index (χ0n) is 11.8. The van der Waals surface area contributed by atoms with Crippen LogP contribution < -0.4 is 5.73 Å². The number of hydrogen-bond acceptors (Lipinski definition) is 2. The molecule has 1 aromatic rings. The van der Waals surface area contributed by atoms with Crippen LogP contribution in [0.2, 0.25) is 0 Å². The monoisotopic (exact) mass is 326 g/mol. The van der Waals surface area contributed by atoms with Crippen LogP contribution in [0.25, 0.3) is 0 Å². The standard InChI is InChI=1S/C15H23BrN2O/c1-3-5-10-18(11-6-4-2)15(19)12-8-7-9-13(17)14(12)16/h7-9H,3-6,10-11,17H2,1-2H3. The predicted octanol–water partition coefficient (Wildman–Crippen LogP) is 4.07. The van der Waals surface area contributed by atoms with Crippen molar-refractivity contribution in [1.29, 1.82) is 0 Å². The summed E-state index contributed by atoms with van der Waals surface area (Å²) in [6, 6.07) is 5.45. The van der Waals surface area contributed by atoms with Crippen LogP contribution in [0.3, 0.4) is 0 Å². The van der Waals surface area contributed by atoms with E-state index in [1.807, 2.05) is 17.0 Å². The van der Waals surface area contributed by atoms with E-state index >= 15 is 0 Å². The van der Waals surface area contributed by atoms with Gasteiger partial charge in [-0.05, 0) is 40.9 Å². The van der Waals surface area contributed by atoms with E-state index in [1.54, 1.807) is 6.07 Å². The smallest absolute Gasteiger partial charge is 0.255 e. The average molecular weight is 327 g/mol. The Morgan fingerprint density at radius 1 is 1.21 bits per heavy atom. The molecule has 1 rings (SSSR count). The highest BCUT2D eigenvalue weighted by Crippen LogP contribution is 2.25. The Morgan fingerprint density at radius 3 is 2.32 bits per heavy atom. The summed E-state index contributed by atoms with van der Waals surface area (Å²) >= 11 is 3.41. The lowest BCUT2D eigenvalue weighted by Crippen LogP contribution is -2.33. The number of hydrogen-bond donors (Lipinski definition) is 1. The van der Waals surface area contributed by atoms with Gasteiger partial charge in [0.15, 0.2) is 0 Å². The molecule has 0 spiro atoms. The fourth-order valence-electron chi connectivity index (χ4n) is 1.90. The molecule has 1 amide bonds. The van der Waals surface area contributed by atoms with Gasteiger partial charge in [-0.2, -0.15) is 0 Å². The summed E-state index contributed by atoms with van der Waals surface area (Å²) in [7, 11) is 0. The van der Waals surface area contributed by atoms with Crippen LogP contribution in [0.5, 0.6) is 0 Å². The topological polar surface area (TPSA) is 46.3 Å². The lowest BCUT2D eigenvalue weighted by atomic mass is 10.1. The van der Waals surface area contributed by atoms with Crippen molar-refractivity contribution < 1.29 is 4.79 Å². The first-order valence-corrected chi connectivity index (χ1v) is 7.74. The van der Waals surface area contributed by atoms with Crippen LogP contribution in [0.4, 0.5) is 5.69 Å². The molecule has 0 saturated carbocycles. The van der Waals surface area contributed by atoms with E-state index in [2.05, 4.69) is 29.8 Å². The van der Waals surface area contributed by atoms with Gasteiger partial charge in [0.05, 0.1) is 10.0 Å². The Bertz CT molecular complexity index is 413. The zero-order chi connectivity index (χ0) is 14.3. The number of rotatable bonds is 7. The van der Waals surface area contributed by atoms with Crippen LogP contribution >= 0.6 is 15.9 Å².